The van der Waals surface area contributed by atoms with Crippen LogP contribution in [0.5, 0.6) is 11.5 Å². The van der Waals surface area contributed by atoms with Crippen molar-refractivity contribution in [3.63, 3.8) is 0 Å². The first-order valence-electron chi connectivity index (χ1n) is 13.0. The van der Waals surface area contributed by atoms with Crippen molar-refractivity contribution < 1.29 is 22.7 Å². The normalized spacial score (nSPS) is 16.0. The van der Waals surface area contributed by atoms with Crippen molar-refractivity contribution in [2.75, 3.05) is 25.5 Å². The highest BCUT2D eigenvalue weighted by Crippen LogP contribution is 2.35. The van der Waals surface area contributed by atoms with Gasteiger partial charge in [-0.3, -0.25) is 4.79 Å². The van der Waals surface area contributed by atoms with Crippen molar-refractivity contribution >= 4 is 32.1 Å². The van der Waals surface area contributed by atoms with Crippen LogP contribution in [-0.2, 0) is 21.1 Å². The lowest BCUT2D eigenvalue weighted by Gasteiger charge is -2.21. The van der Waals surface area contributed by atoms with Crippen LogP contribution in [0.15, 0.2) is 77.3 Å². The van der Waals surface area contributed by atoms with Crippen LogP contribution in [0.1, 0.15) is 31.0 Å². The summed E-state index contributed by atoms with van der Waals surface area (Å²) in [6.07, 6.45) is 4.73. The maximum absolute atomic E-state index is 12.9. The van der Waals surface area contributed by atoms with Crippen molar-refractivity contribution in [2.45, 2.75) is 31.1 Å². The fourth-order valence-electron chi connectivity index (χ4n) is 5.24. The smallest absolute Gasteiger partial charge is 0.235 e. The molecule has 2 aliphatic rings. The first kappa shape index (κ1) is 25.2. The quantitative estimate of drug-likeness (QED) is 0.385. The Labute approximate surface area is 227 Å². The van der Waals surface area contributed by atoms with Crippen molar-refractivity contribution in [3.05, 3.63) is 83.7 Å². The van der Waals surface area contributed by atoms with E-state index in [1.54, 1.807) is 6.07 Å². The van der Waals surface area contributed by atoms with Crippen molar-refractivity contribution in [3.8, 4) is 17.2 Å². The summed E-state index contributed by atoms with van der Waals surface area (Å²) in [4.78, 5) is 12.8. The second kappa shape index (κ2) is 10.2. The molecule has 1 aliphatic carbocycles. The predicted molar refractivity (Wildman–Crippen MR) is 149 cm³/mol. The summed E-state index contributed by atoms with van der Waals surface area (Å²) in [6, 6.07) is 19.0. The highest BCUT2D eigenvalue weighted by Gasteiger charge is 2.25. The van der Waals surface area contributed by atoms with E-state index in [1.807, 2.05) is 29.9 Å². The molecule has 4 aromatic rings. The second-order valence-corrected chi connectivity index (χ2v) is 11.9. The molecule has 0 unspecified atom stereocenters. The summed E-state index contributed by atoms with van der Waals surface area (Å²) in [5.74, 6) is -0.319. The summed E-state index contributed by atoms with van der Waals surface area (Å²) in [7, 11) is -3.84. The van der Waals surface area contributed by atoms with Gasteiger partial charge in [0.1, 0.15) is 19.0 Å². The number of hydrogen-bond acceptors (Lipinski definition) is 6. The number of aromatic nitrogens is 2. The van der Waals surface area contributed by atoms with Gasteiger partial charge in [0.15, 0.2) is 21.3 Å². The predicted octanol–water partition coefficient (Wildman–Crippen LogP) is 4.50. The Morgan fingerprint density at radius 2 is 1.77 bits per heavy atom. The number of nitrogens with one attached hydrogen (secondary N) is 1. The van der Waals surface area contributed by atoms with Crippen molar-refractivity contribution in [2.24, 2.45) is 0 Å². The van der Waals surface area contributed by atoms with E-state index in [4.69, 9.17) is 14.6 Å². The molecule has 6 rings (SSSR count). The molecule has 1 aromatic heterocycles. The van der Waals surface area contributed by atoms with E-state index in [2.05, 4.69) is 35.6 Å². The number of aryl methyl sites for hydroxylation is 1. The van der Waals surface area contributed by atoms with E-state index >= 15 is 0 Å². The number of sulfone groups is 1. The average Bonchev–Trinajstić information content (AvgIpc) is 3.39. The number of ether oxygens (including phenoxy) is 2. The molecule has 3 aromatic carbocycles. The van der Waals surface area contributed by atoms with Gasteiger partial charge in [-0.05, 0) is 77.9 Å². The van der Waals surface area contributed by atoms with Gasteiger partial charge in [-0.2, -0.15) is 5.10 Å². The molecule has 1 N–H and O–H groups in total. The van der Waals surface area contributed by atoms with E-state index in [0.29, 0.717) is 24.7 Å². The molecule has 0 spiro atoms. The monoisotopic (exact) mass is 543 g/mol. The zero-order valence-electron chi connectivity index (χ0n) is 21.6. The Morgan fingerprint density at radius 3 is 2.62 bits per heavy atom. The van der Waals surface area contributed by atoms with Gasteiger partial charge in [0.25, 0.3) is 0 Å². The molecule has 9 heteroatoms. The molecule has 200 valence electrons. The Balaban J connectivity index is 1.20. The summed E-state index contributed by atoms with van der Waals surface area (Å²) in [6.45, 7) is 3.01. The number of benzene rings is 3. The number of rotatable bonds is 6. The zero-order valence-corrected chi connectivity index (χ0v) is 22.5. The first-order chi connectivity index (χ1) is 18.9. The summed E-state index contributed by atoms with van der Waals surface area (Å²) >= 11 is 0. The Bertz CT molecular complexity index is 1720. The minimum atomic E-state index is -3.84. The number of allylic oxidation sites excluding steroid dienone is 1. The number of nitrogens with zero attached hydrogens (tertiary/aromatic N) is 2. The first-order valence-corrected chi connectivity index (χ1v) is 14.7. The molecule has 1 amide bonds. The van der Waals surface area contributed by atoms with Gasteiger partial charge < -0.3 is 14.8 Å². The van der Waals surface area contributed by atoms with Crippen molar-refractivity contribution in [1.29, 1.82) is 0 Å². The van der Waals surface area contributed by atoms with Gasteiger partial charge in [0.2, 0.25) is 5.91 Å². The largest absolute Gasteiger partial charge is 0.486 e. The zero-order chi connectivity index (χ0) is 27.0. The lowest BCUT2D eigenvalue weighted by atomic mass is 9.89. The third kappa shape index (κ3) is 5.02. The minimum Gasteiger partial charge on any atom is -0.486 e. The van der Waals surface area contributed by atoms with Crippen molar-refractivity contribution in [1.82, 2.24) is 15.1 Å². The van der Waals surface area contributed by atoms with Gasteiger partial charge in [-0.15, -0.1) is 0 Å². The average molecular weight is 544 g/mol. The molecule has 39 heavy (non-hydrogen) atoms. The second-order valence-electron chi connectivity index (χ2n) is 9.92. The fraction of sp³-hybridized carbons (Fsp3) is 0.267. The summed E-state index contributed by atoms with van der Waals surface area (Å²) < 4.78 is 38.8. The van der Waals surface area contributed by atoms with Crippen LogP contribution < -0.4 is 14.8 Å². The SMILES string of the molecule is C/C(CNC(=O)CS(=O)(=O)c1ccc2c(c1)OCCO2)=C1\CCCc2cnn(-c3ccc4ccccc4c3)c21. The molecule has 0 fully saturated rings. The van der Waals surface area contributed by atoms with Gasteiger partial charge in [0, 0.05) is 12.6 Å². The minimum absolute atomic E-state index is 0.0354. The number of amides is 1. The molecule has 2 heterocycles. The third-order valence-corrected chi connectivity index (χ3v) is 8.86. The molecule has 8 nitrogen and oxygen atoms in total. The van der Waals surface area contributed by atoms with Crippen LogP contribution >= 0.6 is 0 Å². The molecule has 0 atom stereocenters. The van der Waals surface area contributed by atoms with Gasteiger partial charge in [-0.1, -0.05) is 30.3 Å². The number of hydrogen-bond donors (Lipinski definition) is 1. The number of carbonyl (C=O) groups is 1. The molecular formula is C30H29N3O5S. The van der Waals surface area contributed by atoms with Crippen LogP contribution in [0.3, 0.4) is 0 Å². The van der Waals surface area contributed by atoms with E-state index in [1.165, 1.54) is 23.1 Å². The fourth-order valence-corrected chi connectivity index (χ4v) is 6.42. The molecular weight excluding hydrogens is 514 g/mol. The third-order valence-electron chi connectivity index (χ3n) is 7.24. The molecule has 0 bridgehead atoms. The van der Waals surface area contributed by atoms with E-state index in [9.17, 15) is 13.2 Å². The lowest BCUT2D eigenvalue weighted by molar-refractivity contribution is -0.118. The summed E-state index contributed by atoms with van der Waals surface area (Å²) in [5, 5.41) is 9.84. The highest BCUT2D eigenvalue weighted by molar-refractivity contribution is 7.92. The maximum Gasteiger partial charge on any atom is 0.235 e. The molecule has 1 aliphatic heterocycles. The van der Waals surface area contributed by atoms with Gasteiger partial charge in [-0.25, -0.2) is 13.1 Å². The van der Waals surface area contributed by atoms with Crippen LogP contribution in [0.2, 0.25) is 0 Å². The van der Waals surface area contributed by atoms with Crippen LogP contribution in [-0.4, -0.2) is 49.6 Å². The van der Waals surface area contributed by atoms with E-state index in [0.717, 1.165) is 47.2 Å². The Kier molecular flexibility index (Phi) is 6.60. The van der Waals surface area contributed by atoms with E-state index < -0.39 is 21.5 Å². The Hall–Kier alpha value is -4.11. The molecule has 0 radical (unpaired) electrons. The van der Waals surface area contributed by atoms with Crippen LogP contribution in [0.4, 0.5) is 0 Å². The molecule has 0 saturated heterocycles. The van der Waals surface area contributed by atoms with E-state index in [-0.39, 0.29) is 11.4 Å². The van der Waals surface area contributed by atoms with Gasteiger partial charge in [0.05, 0.1) is 22.5 Å². The highest BCUT2D eigenvalue weighted by atomic mass is 32.2. The number of carbonyl (C=O) groups excluding carboxylic acids is 1. The van der Waals surface area contributed by atoms with Crippen LogP contribution in [0, 0.1) is 0 Å². The number of fused-ring (bicyclic) bond motifs is 3. The Morgan fingerprint density at radius 1 is 0.974 bits per heavy atom. The maximum atomic E-state index is 12.9. The lowest BCUT2D eigenvalue weighted by Crippen LogP contribution is -2.32. The summed E-state index contributed by atoms with van der Waals surface area (Å²) in [5.41, 5.74) is 5.35. The standard InChI is InChI=1S/C30H29N3O5S/c1-20(17-31-29(34)19-39(35,36)25-11-12-27-28(16-25)38-14-13-37-27)26-8-4-7-23-18-32-33(30(23)26)24-10-9-21-5-2-3-6-22(21)15-24/h2-3,5-6,9-12,15-16,18H,4,7-8,13-14,17,19H2,1H3,(H,31,34)/b26-20-. The van der Waals surface area contributed by atoms with Crippen LogP contribution in [0.25, 0.3) is 22.0 Å². The van der Waals surface area contributed by atoms with Gasteiger partial charge >= 0.3 is 0 Å². The topological polar surface area (TPSA) is 99.5 Å². The molecule has 0 saturated carbocycles.